The molecule has 4 nitrogen and oxygen atoms in total. The molecule has 0 radical (unpaired) electrons. The van der Waals surface area contributed by atoms with E-state index in [1.807, 2.05) is 41.3 Å². The molecule has 1 saturated heterocycles. The quantitative estimate of drug-likeness (QED) is 0.722. The van der Waals surface area contributed by atoms with Crippen molar-refractivity contribution in [2.45, 2.75) is 12.5 Å². The zero-order valence-electron chi connectivity index (χ0n) is 10.8. The van der Waals surface area contributed by atoms with Crippen molar-refractivity contribution in [2.75, 3.05) is 4.90 Å². The number of fused-ring (bicyclic) bond motifs is 1. The van der Waals surface area contributed by atoms with E-state index in [1.165, 1.54) is 5.56 Å². The van der Waals surface area contributed by atoms with Crippen LogP contribution in [-0.2, 0) is 4.79 Å². The van der Waals surface area contributed by atoms with Crippen molar-refractivity contribution in [1.29, 1.82) is 0 Å². The lowest BCUT2D eigenvalue weighted by atomic mass is 9.93. The Morgan fingerprint density at radius 3 is 2.80 bits per heavy atom. The van der Waals surface area contributed by atoms with Gasteiger partial charge in [-0.25, -0.2) is 4.98 Å². The van der Waals surface area contributed by atoms with E-state index in [9.17, 15) is 4.79 Å². The van der Waals surface area contributed by atoms with E-state index in [0.717, 1.165) is 16.7 Å². The molecule has 1 amide bonds. The Hall–Kier alpha value is -2.62. The molecule has 98 valence electrons. The van der Waals surface area contributed by atoms with Gasteiger partial charge < -0.3 is 9.88 Å². The predicted molar refractivity (Wildman–Crippen MR) is 77.4 cm³/mol. The minimum atomic E-state index is 0.143. The highest BCUT2D eigenvalue weighted by Crippen LogP contribution is 2.39. The van der Waals surface area contributed by atoms with Gasteiger partial charge in [0.2, 0.25) is 5.91 Å². The average molecular weight is 263 g/mol. The molecule has 1 aliphatic rings. The summed E-state index contributed by atoms with van der Waals surface area (Å²) < 4.78 is 0. The van der Waals surface area contributed by atoms with Gasteiger partial charge in [-0.2, -0.15) is 0 Å². The number of hydrogen-bond acceptors (Lipinski definition) is 2. The van der Waals surface area contributed by atoms with Gasteiger partial charge in [0.1, 0.15) is 0 Å². The number of anilines is 1. The van der Waals surface area contributed by atoms with Crippen LogP contribution in [0.1, 0.15) is 18.0 Å². The van der Waals surface area contributed by atoms with Crippen molar-refractivity contribution in [3.05, 3.63) is 60.4 Å². The Morgan fingerprint density at radius 2 is 2.00 bits per heavy atom. The topological polar surface area (TPSA) is 49.0 Å². The number of nitrogens with zero attached hydrogens (tertiary/aromatic N) is 2. The molecule has 20 heavy (non-hydrogen) atoms. The first-order chi connectivity index (χ1) is 9.83. The third-order valence-corrected chi connectivity index (χ3v) is 3.81. The van der Waals surface area contributed by atoms with Crippen LogP contribution in [0.5, 0.6) is 0 Å². The first-order valence-corrected chi connectivity index (χ1v) is 6.63. The highest BCUT2D eigenvalue weighted by atomic mass is 16.2. The molecule has 0 bridgehead atoms. The molecule has 1 fully saturated rings. The molecule has 1 aromatic heterocycles. The number of aromatic amines is 1. The Bertz CT molecular complexity index is 779. The normalized spacial score (nSPS) is 18.3. The summed E-state index contributed by atoms with van der Waals surface area (Å²) in [6, 6.07) is 16.2. The average Bonchev–Trinajstić information content (AvgIpc) is 2.93. The van der Waals surface area contributed by atoms with Gasteiger partial charge in [0.05, 0.1) is 29.8 Å². The number of aromatic nitrogens is 2. The molecule has 4 heteroatoms. The van der Waals surface area contributed by atoms with Crippen molar-refractivity contribution < 1.29 is 4.79 Å². The fourth-order valence-corrected chi connectivity index (χ4v) is 2.76. The van der Waals surface area contributed by atoms with Gasteiger partial charge in [-0.15, -0.1) is 0 Å². The number of β-lactam (4-membered cyclic amide) rings is 1. The number of amides is 1. The molecule has 0 saturated carbocycles. The number of carbonyl (C=O) groups excluding carboxylic acids is 1. The summed E-state index contributed by atoms with van der Waals surface area (Å²) in [7, 11) is 0. The van der Waals surface area contributed by atoms with Gasteiger partial charge in [-0.1, -0.05) is 30.3 Å². The van der Waals surface area contributed by atoms with Crippen LogP contribution in [0, 0.1) is 0 Å². The van der Waals surface area contributed by atoms with E-state index < -0.39 is 0 Å². The fraction of sp³-hybridized carbons (Fsp3) is 0.125. The van der Waals surface area contributed by atoms with Crippen molar-refractivity contribution in [3.63, 3.8) is 0 Å². The number of hydrogen-bond donors (Lipinski definition) is 1. The van der Waals surface area contributed by atoms with E-state index >= 15 is 0 Å². The largest absolute Gasteiger partial charge is 0.345 e. The van der Waals surface area contributed by atoms with Gasteiger partial charge in [-0.05, 0) is 23.8 Å². The summed E-state index contributed by atoms with van der Waals surface area (Å²) in [5.74, 6) is 0.165. The maximum atomic E-state index is 12.0. The zero-order chi connectivity index (χ0) is 13.5. The summed E-state index contributed by atoms with van der Waals surface area (Å²) in [4.78, 5) is 21.1. The fourth-order valence-electron chi connectivity index (χ4n) is 2.76. The van der Waals surface area contributed by atoms with Crippen molar-refractivity contribution in [1.82, 2.24) is 9.97 Å². The van der Waals surface area contributed by atoms with Gasteiger partial charge in [0.15, 0.2) is 0 Å². The molecular formula is C16H13N3O. The lowest BCUT2D eigenvalue weighted by Crippen LogP contribution is -2.46. The predicted octanol–water partition coefficient (Wildman–Crippen LogP) is 3.04. The summed E-state index contributed by atoms with van der Waals surface area (Å²) in [6.07, 6.45) is 2.24. The van der Waals surface area contributed by atoms with Gasteiger partial charge in [-0.3, -0.25) is 4.79 Å². The van der Waals surface area contributed by atoms with Crippen molar-refractivity contribution in [2.24, 2.45) is 0 Å². The first-order valence-electron chi connectivity index (χ1n) is 6.63. The summed E-state index contributed by atoms with van der Waals surface area (Å²) in [5.41, 5.74) is 3.97. The third-order valence-electron chi connectivity index (χ3n) is 3.81. The van der Waals surface area contributed by atoms with Crippen molar-refractivity contribution in [3.8, 4) is 0 Å². The summed E-state index contributed by atoms with van der Waals surface area (Å²) in [5, 5.41) is 0. The van der Waals surface area contributed by atoms with Crippen LogP contribution in [0.15, 0.2) is 54.9 Å². The molecule has 3 aromatic rings. The number of nitrogens with one attached hydrogen (secondary N) is 1. The van der Waals surface area contributed by atoms with Crippen LogP contribution in [0.3, 0.4) is 0 Å². The Kier molecular flexibility index (Phi) is 2.36. The van der Waals surface area contributed by atoms with E-state index in [2.05, 4.69) is 22.1 Å². The van der Waals surface area contributed by atoms with E-state index in [0.29, 0.717) is 6.42 Å². The number of H-pyrrole nitrogens is 1. The molecular weight excluding hydrogens is 250 g/mol. The monoisotopic (exact) mass is 263 g/mol. The van der Waals surface area contributed by atoms with Gasteiger partial charge in [0.25, 0.3) is 0 Å². The van der Waals surface area contributed by atoms with Gasteiger partial charge in [0, 0.05) is 5.69 Å². The highest BCUT2D eigenvalue weighted by molar-refractivity contribution is 6.02. The molecule has 4 rings (SSSR count). The molecule has 1 aliphatic heterocycles. The van der Waals surface area contributed by atoms with Gasteiger partial charge >= 0.3 is 0 Å². The Morgan fingerprint density at radius 1 is 1.15 bits per heavy atom. The standard InChI is InChI=1S/C16H13N3O/c20-16-9-15(11-4-2-1-3-5-11)19(16)12-6-7-13-14(8-12)18-10-17-13/h1-8,10,15H,9H2,(H,17,18)/t15-/m0/s1. The van der Waals surface area contributed by atoms with Crippen LogP contribution in [0.2, 0.25) is 0 Å². The second kappa shape index (κ2) is 4.20. The van der Waals surface area contributed by atoms with Crippen LogP contribution < -0.4 is 4.90 Å². The highest BCUT2D eigenvalue weighted by Gasteiger charge is 2.38. The van der Waals surface area contributed by atoms with E-state index in [4.69, 9.17) is 0 Å². The zero-order valence-corrected chi connectivity index (χ0v) is 10.8. The Balaban J connectivity index is 1.74. The number of imidazole rings is 1. The minimum absolute atomic E-state index is 0.143. The number of carbonyl (C=O) groups is 1. The second-order valence-corrected chi connectivity index (χ2v) is 5.00. The van der Waals surface area contributed by atoms with Crippen molar-refractivity contribution >= 4 is 22.6 Å². The number of rotatable bonds is 2. The molecule has 0 spiro atoms. The molecule has 2 heterocycles. The maximum Gasteiger partial charge on any atom is 0.230 e. The lowest BCUT2D eigenvalue weighted by Gasteiger charge is -2.40. The van der Waals surface area contributed by atoms with Crippen LogP contribution in [-0.4, -0.2) is 15.9 Å². The molecule has 1 N–H and O–H groups in total. The molecule has 1 atom stereocenters. The third kappa shape index (κ3) is 1.61. The summed E-state index contributed by atoms with van der Waals surface area (Å²) >= 11 is 0. The van der Waals surface area contributed by atoms with E-state index in [-0.39, 0.29) is 11.9 Å². The molecule has 0 aliphatic carbocycles. The number of benzene rings is 2. The maximum absolute atomic E-state index is 12.0. The lowest BCUT2D eigenvalue weighted by molar-refractivity contribution is -0.124. The van der Waals surface area contributed by atoms with Crippen LogP contribution in [0.4, 0.5) is 5.69 Å². The van der Waals surface area contributed by atoms with Crippen LogP contribution in [0.25, 0.3) is 11.0 Å². The summed E-state index contributed by atoms with van der Waals surface area (Å²) in [6.45, 7) is 0. The minimum Gasteiger partial charge on any atom is -0.345 e. The Labute approximate surface area is 116 Å². The van der Waals surface area contributed by atoms with E-state index in [1.54, 1.807) is 6.33 Å². The molecule has 0 unspecified atom stereocenters. The van der Waals surface area contributed by atoms with Crippen LogP contribution >= 0.6 is 0 Å². The SMILES string of the molecule is O=C1C[C@@H](c2ccccc2)N1c1ccc2nc[nH]c2c1. The smallest absolute Gasteiger partial charge is 0.230 e. The first kappa shape index (κ1) is 11.2. The molecule has 2 aromatic carbocycles. The second-order valence-electron chi connectivity index (χ2n) is 5.00.